The van der Waals surface area contributed by atoms with Crippen LogP contribution >= 0.6 is 0 Å². The van der Waals surface area contributed by atoms with Crippen molar-refractivity contribution in [3.8, 4) is 0 Å². The second-order valence-electron chi connectivity index (χ2n) is 6.24. The quantitative estimate of drug-likeness (QED) is 0.776. The zero-order chi connectivity index (χ0) is 12.9. The lowest BCUT2D eigenvalue weighted by Crippen LogP contribution is -2.45. The van der Waals surface area contributed by atoms with E-state index in [0.29, 0.717) is 12.1 Å². The summed E-state index contributed by atoms with van der Waals surface area (Å²) in [5, 5.41) is 0. The fraction of sp³-hybridized carbons (Fsp3) is 1.00. The molecule has 0 amide bonds. The highest BCUT2D eigenvalue weighted by atomic mass is 16.5. The Kier molecular flexibility index (Phi) is 5.90. The fourth-order valence-electron chi connectivity index (χ4n) is 2.65. The summed E-state index contributed by atoms with van der Waals surface area (Å²) in [4.78, 5) is 2.48. The Hall–Kier alpha value is -0.120. The molecule has 0 spiro atoms. The minimum absolute atomic E-state index is 0.216. The van der Waals surface area contributed by atoms with E-state index in [0.717, 1.165) is 26.1 Å². The van der Waals surface area contributed by atoms with Gasteiger partial charge in [0, 0.05) is 19.2 Å². The number of hydrogen-bond acceptors (Lipinski definition) is 3. The van der Waals surface area contributed by atoms with Gasteiger partial charge in [-0.05, 0) is 38.3 Å². The Morgan fingerprint density at radius 2 is 2.12 bits per heavy atom. The van der Waals surface area contributed by atoms with Crippen LogP contribution in [-0.4, -0.2) is 43.8 Å². The van der Waals surface area contributed by atoms with Crippen molar-refractivity contribution < 1.29 is 4.74 Å². The van der Waals surface area contributed by atoms with Crippen LogP contribution in [0.2, 0.25) is 0 Å². The molecule has 1 aliphatic heterocycles. The lowest BCUT2D eigenvalue weighted by atomic mass is 9.91. The summed E-state index contributed by atoms with van der Waals surface area (Å²) in [6, 6.07) is 0.672. The van der Waals surface area contributed by atoms with E-state index in [4.69, 9.17) is 10.5 Å². The maximum atomic E-state index is 5.81. The van der Waals surface area contributed by atoms with Gasteiger partial charge in [-0.15, -0.1) is 0 Å². The first-order valence-corrected chi connectivity index (χ1v) is 7.00. The van der Waals surface area contributed by atoms with E-state index in [1.165, 1.54) is 19.3 Å². The average Bonchev–Trinajstić information content (AvgIpc) is 2.29. The van der Waals surface area contributed by atoms with E-state index in [2.05, 4.69) is 32.7 Å². The predicted octanol–water partition coefficient (Wildman–Crippen LogP) is 2.25. The minimum Gasteiger partial charge on any atom is -0.378 e. The monoisotopic (exact) mass is 242 g/mol. The van der Waals surface area contributed by atoms with Crippen LogP contribution in [-0.2, 0) is 4.74 Å². The fourth-order valence-corrected chi connectivity index (χ4v) is 2.65. The molecule has 1 saturated heterocycles. The van der Waals surface area contributed by atoms with Gasteiger partial charge in [0.2, 0.25) is 0 Å². The van der Waals surface area contributed by atoms with E-state index in [1.54, 1.807) is 0 Å². The highest BCUT2D eigenvalue weighted by Crippen LogP contribution is 2.24. The van der Waals surface area contributed by atoms with Crippen molar-refractivity contribution in [2.45, 2.75) is 58.6 Å². The molecule has 3 nitrogen and oxygen atoms in total. The standard InChI is InChI=1S/C14H30N2O/c1-5-6-13-9-12(7-8-17-13)16(4)11-14(2,3)10-15/h12-13H,5-11,15H2,1-4H3. The molecule has 0 saturated carbocycles. The molecule has 2 unspecified atom stereocenters. The van der Waals surface area contributed by atoms with Gasteiger partial charge in [-0.25, -0.2) is 0 Å². The zero-order valence-electron chi connectivity index (χ0n) is 12.0. The lowest BCUT2D eigenvalue weighted by Gasteiger charge is -2.39. The Morgan fingerprint density at radius 1 is 1.41 bits per heavy atom. The molecule has 1 rings (SSSR count). The molecule has 1 aliphatic rings. The van der Waals surface area contributed by atoms with Crippen molar-refractivity contribution in [1.29, 1.82) is 0 Å². The Balaban J connectivity index is 2.43. The molecule has 2 N–H and O–H groups in total. The van der Waals surface area contributed by atoms with E-state index < -0.39 is 0 Å². The van der Waals surface area contributed by atoms with Crippen LogP contribution in [0.25, 0.3) is 0 Å². The van der Waals surface area contributed by atoms with Gasteiger partial charge in [-0.3, -0.25) is 0 Å². The van der Waals surface area contributed by atoms with Crippen molar-refractivity contribution in [1.82, 2.24) is 4.90 Å². The van der Waals surface area contributed by atoms with Crippen molar-refractivity contribution in [2.24, 2.45) is 11.1 Å². The Labute approximate surface area is 107 Å². The zero-order valence-corrected chi connectivity index (χ0v) is 12.0. The van der Waals surface area contributed by atoms with Gasteiger partial charge in [0.1, 0.15) is 0 Å². The first-order valence-electron chi connectivity index (χ1n) is 7.00. The van der Waals surface area contributed by atoms with Gasteiger partial charge in [0.05, 0.1) is 6.10 Å². The van der Waals surface area contributed by atoms with Gasteiger partial charge in [-0.2, -0.15) is 0 Å². The minimum atomic E-state index is 0.216. The number of rotatable bonds is 6. The van der Waals surface area contributed by atoms with Crippen LogP contribution in [0.1, 0.15) is 46.5 Å². The van der Waals surface area contributed by atoms with Crippen LogP contribution in [0, 0.1) is 5.41 Å². The van der Waals surface area contributed by atoms with Gasteiger partial charge >= 0.3 is 0 Å². The largest absolute Gasteiger partial charge is 0.378 e. The second-order valence-corrected chi connectivity index (χ2v) is 6.24. The number of nitrogens with zero attached hydrogens (tertiary/aromatic N) is 1. The summed E-state index contributed by atoms with van der Waals surface area (Å²) >= 11 is 0. The van der Waals surface area contributed by atoms with Crippen molar-refractivity contribution in [3.63, 3.8) is 0 Å². The van der Waals surface area contributed by atoms with Crippen LogP contribution in [0.15, 0.2) is 0 Å². The van der Waals surface area contributed by atoms with E-state index in [9.17, 15) is 0 Å². The third kappa shape index (κ3) is 4.94. The maximum Gasteiger partial charge on any atom is 0.0590 e. The van der Waals surface area contributed by atoms with Crippen molar-refractivity contribution >= 4 is 0 Å². The van der Waals surface area contributed by atoms with Gasteiger partial charge < -0.3 is 15.4 Å². The third-order valence-corrected chi connectivity index (χ3v) is 3.80. The Morgan fingerprint density at radius 3 is 2.71 bits per heavy atom. The van der Waals surface area contributed by atoms with Gasteiger partial charge in [0.15, 0.2) is 0 Å². The molecule has 0 aliphatic carbocycles. The van der Waals surface area contributed by atoms with Crippen molar-refractivity contribution in [3.05, 3.63) is 0 Å². The normalized spacial score (nSPS) is 26.5. The number of ether oxygens (including phenoxy) is 1. The molecular formula is C14H30N2O. The topological polar surface area (TPSA) is 38.5 Å². The van der Waals surface area contributed by atoms with Crippen molar-refractivity contribution in [2.75, 3.05) is 26.7 Å². The molecule has 2 atom stereocenters. The maximum absolute atomic E-state index is 5.81. The van der Waals surface area contributed by atoms with E-state index >= 15 is 0 Å². The average molecular weight is 242 g/mol. The molecular weight excluding hydrogens is 212 g/mol. The lowest BCUT2D eigenvalue weighted by molar-refractivity contribution is -0.0308. The molecule has 17 heavy (non-hydrogen) atoms. The van der Waals surface area contributed by atoms with Crippen LogP contribution < -0.4 is 5.73 Å². The smallest absolute Gasteiger partial charge is 0.0590 e. The first kappa shape index (κ1) is 14.9. The van der Waals surface area contributed by atoms with Gasteiger partial charge in [-0.1, -0.05) is 27.2 Å². The molecule has 1 heterocycles. The highest BCUT2D eigenvalue weighted by Gasteiger charge is 2.28. The molecule has 0 bridgehead atoms. The molecule has 1 fully saturated rings. The SMILES string of the molecule is CCCC1CC(N(C)CC(C)(C)CN)CCO1. The second kappa shape index (κ2) is 6.72. The summed E-state index contributed by atoms with van der Waals surface area (Å²) in [7, 11) is 2.23. The number of nitrogens with two attached hydrogens (primary N) is 1. The van der Waals surface area contributed by atoms with Crippen LogP contribution in [0.4, 0.5) is 0 Å². The molecule has 102 valence electrons. The molecule has 3 heteroatoms. The summed E-state index contributed by atoms with van der Waals surface area (Å²) < 4.78 is 5.80. The first-order chi connectivity index (χ1) is 7.98. The van der Waals surface area contributed by atoms with E-state index in [-0.39, 0.29) is 5.41 Å². The van der Waals surface area contributed by atoms with Crippen LogP contribution in [0.3, 0.4) is 0 Å². The third-order valence-electron chi connectivity index (χ3n) is 3.80. The number of hydrogen-bond donors (Lipinski definition) is 1. The molecule has 0 aromatic carbocycles. The predicted molar refractivity (Wildman–Crippen MR) is 73.1 cm³/mol. The Bertz CT molecular complexity index is 216. The van der Waals surface area contributed by atoms with Gasteiger partial charge in [0.25, 0.3) is 0 Å². The summed E-state index contributed by atoms with van der Waals surface area (Å²) in [5.74, 6) is 0. The highest BCUT2D eigenvalue weighted by molar-refractivity contribution is 4.82. The summed E-state index contributed by atoms with van der Waals surface area (Å²) in [5.41, 5.74) is 6.02. The summed E-state index contributed by atoms with van der Waals surface area (Å²) in [6.07, 6.45) is 5.24. The molecule has 0 radical (unpaired) electrons. The molecule has 0 aromatic rings. The molecule has 0 aromatic heterocycles. The van der Waals surface area contributed by atoms with Crippen LogP contribution in [0.5, 0.6) is 0 Å². The summed E-state index contributed by atoms with van der Waals surface area (Å²) in [6.45, 7) is 9.46. The van der Waals surface area contributed by atoms with E-state index in [1.807, 2.05) is 0 Å².